The van der Waals surface area contributed by atoms with Crippen LogP contribution in [0.5, 0.6) is 0 Å². The van der Waals surface area contributed by atoms with Gasteiger partial charge >= 0.3 is 0 Å². The van der Waals surface area contributed by atoms with Crippen molar-refractivity contribution in [3.8, 4) is 11.5 Å². The molecule has 0 unspecified atom stereocenters. The average molecular weight is 497 g/mol. The number of Topliss-reactive ketones (excluding diaryl/α,β-unsaturated/α-hetero) is 1. The van der Waals surface area contributed by atoms with Crippen molar-refractivity contribution in [2.75, 3.05) is 18.8 Å². The Morgan fingerprint density at radius 3 is 2.37 bits per heavy atom. The number of benzene rings is 2. The van der Waals surface area contributed by atoms with E-state index in [9.17, 15) is 13.2 Å². The number of sulfone groups is 1. The van der Waals surface area contributed by atoms with Crippen molar-refractivity contribution >= 4 is 15.6 Å². The van der Waals surface area contributed by atoms with Crippen LogP contribution in [0.1, 0.15) is 55.7 Å². The van der Waals surface area contributed by atoms with Crippen LogP contribution in [0.4, 0.5) is 0 Å². The second kappa shape index (κ2) is 12.3. The molecule has 3 aromatic rings. The Labute approximate surface area is 209 Å². The number of hydrogen-bond acceptors (Lipinski definition) is 6. The van der Waals surface area contributed by atoms with E-state index in [1.165, 1.54) is 18.4 Å². The molecule has 0 saturated carbocycles. The molecule has 1 aliphatic heterocycles. The molecule has 188 valence electrons. The number of ketones is 1. The van der Waals surface area contributed by atoms with Gasteiger partial charge in [0, 0.05) is 18.5 Å². The van der Waals surface area contributed by atoms with Gasteiger partial charge in [0.25, 0.3) is 0 Å². The third kappa shape index (κ3) is 7.87. The maximum atomic E-state index is 12.6. The number of carbonyl (C=O) groups excluding carboxylic acids is 1. The summed E-state index contributed by atoms with van der Waals surface area (Å²) in [6, 6.07) is 17.9. The average Bonchev–Trinajstić information content (AvgIpc) is 3.44. The largest absolute Gasteiger partial charge is 0.441 e. The van der Waals surface area contributed by atoms with Gasteiger partial charge in [-0.3, -0.25) is 9.69 Å². The van der Waals surface area contributed by atoms with Crippen LogP contribution in [0.25, 0.3) is 11.5 Å². The van der Waals surface area contributed by atoms with Gasteiger partial charge in [-0.1, -0.05) is 49.9 Å². The third-order valence-electron chi connectivity index (χ3n) is 6.20. The molecular weight excluding hydrogens is 460 g/mol. The van der Waals surface area contributed by atoms with E-state index >= 15 is 0 Å². The van der Waals surface area contributed by atoms with Gasteiger partial charge in [-0.25, -0.2) is 13.4 Å². The van der Waals surface area contributed by atoms with E-state index in [1.54, 1.807) is 6.92 Å². The van der Waals surface area contributed by atoms with Gasteiger partial charge in [0.2, 0.25) is 5.89 Å². The molecule has 1 aromatic heterocycles. The van der Waals surface area contributed by atoms with Crippen LogP contribution in [0, 0.1) is 6.92 Å². The quantitative estimate of drug-likeness (QED) is 0.354. The van der Waals surface area contributed by atoms with Crippen LogP contribution in [-0.2, 0) is 33.4 Å². The predicted octanol–water partition coefficient (Wildman–Crippen LogP) is 5.39. The normalized spacial score (nSPS) is 14.1. The van der Waals surface area contributed by atoms with Crippen molar-refractivity contribution in [3.05, 3.63) is 77.2 Å². The molecule has 7 heteroatoms. The van der Waals surface area contributed by atoms with Crippen molar-refractivity contribution < 1.29 is 17.6 Å². The van der Waals surface area contributed by atoms with Crippen molar-refractivity contribution in [2.24, 2.45) is 0 Å². The molecule has 1 fully saturated rings. The summed E-state index contributed by atoms with van der Waals surface area (Å²) in [6.45, 7) is 4.95. The molecule has 2 aromatic carbocycles. The number of rotatable bonds is 11. The number of hydrogen-bond donors (Lipinski definition) is 0. The maximum Gasteiger partial charge on any atom is 0.226 e. The van der Waals surface area contributed by atoms with Gasteiger partial charge < -0.3 is 4.42 Å². The molecule has 4 rings (SSSR count). The summed E-state index contributed by atoms with van der Waals surface area (Å²) < 4.78 is 31.1. The summed E-state index contributed by atoms with van der Waals surface area (Å²) in [5.41, 5.74) is 3.57. The fourth-order valence-electron chi connectivity index (χ4n) is 4.35. The van der Waals surface area contributed by atoms with E-state index in [1.807, 2.05) is 42.5 Å². The van der Waals surface area contributed by atoms with Gasteiger partial charge in [-0.15, -0.1) is 0 Å². The zero-order chi connectivity index (χ0) is 24.0. The van der Waals surface area contributed by atoms with Crippen LogP contribution >= 0.6 is 0 Å². The molecule has 0 aliphatic carbocycles. The Morgan fingerprint density at radius 2 is 1.69 bits per heavy atom. The second-order valence-corrected chi connectivity index (χ2v) is 11.2. The highest BCUT2D eigenvalue weighted by molar-refractivity contribution is 7.91. The smallest absolute Gasteiger partial charge is 0.226 e. The molecule has 35 heavy (non-hydrogen) atoms. The lowest BCUT2D eigenvalue weighted by molar-refractivity contribution is -0.116. The van der Waals surface area contributed by atoms with Gasteiger partial charge in [0.05, 0.1) is 11.4 Å². The highest BCUT2D eigenvalue weighted by atomic mass is 32.2. The molecule has 0 spiro atoms. The number of oxazole rings is 1. The first-order chi connectivity index (χ1) is 16.4. The van der Waals surface area contributed by atoms with Crippen molar-refractivity contribution in [1.82, 2.24) is 9.88 Å². The Kier molecular flexibility index (Phi) is 9.40. The second-order valence-electron chi connectivity index (χ2n) is 9.11. The van der Waals surface area contributed by atoms with Gasteiger partial charge in [0.15, 0.2) is 9.84 Å². The standard InChI is InChI=1S/C27H32N2O4S.CH4/c1-21-26(20-34(31,32)19-25(30)11-7-10-22-8-3-2-4-9-22)28-27(33-21)24-14-12-23(13-15-24)18-29-16-5-6-17-29;/h2-4,8-9,12-15H,5-7,10-11,16-20H2,1H3;1H4. The lowest BCUT2D eigenvalue weighted by Crippen LogP contribution is -2.18. The minimum Gasteiger partial charge on any atom is -0.441 e. The molecular formula is C28H36N2O4S. The van der Waals surface area contributed by atoms with Crippen molar-refractivity contribution in [2.45, 2.75) is 58.8 Å². The first kappa shape index (κ1) is 26.8. The van der Waals surface area contributed by atoms with E-state index in [0.29, 0.717) is 23.8 Å². The van der Waals surface area contributed by atoms with E-state index in [4.69, 9.17) is 4.42 Å². The number of carbonyl (C=O) groups is 1. The van der Waals surface area contributed by atoms with Gasteiger partial charge in [-0.05, 0) is 69.0 Å². The lowest BCUT2D eigenvalue weighted by Gasteiger charge is -2.14. The van der Waals surface area contributed by atoms with Crippen LogP contribution in [-0.4, -0.2) is 42.9 Å². The number of likely N-dealkylation sites (tertiary alicyclic amines) is 1. The molecule has 0 atom stereocenters. The molecule has 0 bridgehead atoms. The molecule has 0 radical (unpaired) electrons. The fraction of sp³-hybridized carbons (Fsp3) is 0.429. The minimum atomic E-state index is -3.62. The summed E-state index contributed by atoms with van der Waals surface area (Å²) in [4.78, 5) is 19.2. The van der Waals surface area contributed by atoms with E-state index in [0.717, 1.165) is 37.2 Å². The van der Waals surface area contributed by atoms with Crippen molar-refractivity contribution in [3.63, 3.8) is 0 Å². The third-order valence-corrected chi connectivity index (χ3v) is 7.67. The molecule has 6 nitrogen and oxygen atoms in total. The van der Waals surface area contributed by atoms with Crippen LogP contribution < -0.4 is 0 Å². The minimum absolute atomic E-state index is 0. The Hall–Kier alpha value is -2.77. The van der Waals surface area contributed by atoms with Crippen LogP contribution in [0.15, 0.2) is 59.0 Å². The van der Waals surface area contributed by atoms with Crippen LogP contribution in [0.3, 0.4) is 0 Å². The first-order valence-electron chi connectivity index (χ1n) is 11.9. The fourth-order valence-corrected chi connectivity index (χ4v) is 5.77. The molecule has 2 heterocycles. The SMILES string of the molecule is C.Cc1oc(-c2ccc(CN3CCCC3)cc2)nc1CS(=O)(=O)CC(=O)CCCc1ccccc1. The summed E-state index contributed by atoms with van der Waals surface area (Å²) in [5, 5.41) is 0. The number of aryl methyl sites for hydroxylation is 2. The highest BCUT2D eigenvalue weighted by Crippen LogP contribution is 2.24. The van der Waals surface area contributed by atoms with Crippen LogP contribution in [0.2, 0.25) is 0 Å². The zero-order valence-corrected chi connectivity index (χ0v) is 20.5. The Balaban J connectivity index is 0.00000342. The number of aromatic nitrogens is 1. The molecule has 1 saturated heterocycles. The first-order valence-corrected chi connectivity index (χ1v) is 13.7. The van der Waals surface area contributed by atoms with Gasteiger partial charge in [-0.2, -0.15) is 0 Å². The molecule has 0 amide bonds. The van der Waals surface area contributed by atoms with E-state index < -0.39 is 15.6 Å². The summed E-state index contributed by atoms with van der Waals surface area (Å²) in [5.74, 6) is -0.138. The zero-order valence-electron chi connectivity index (χ0n) is 19.7. The summed E-state index contributed by atoms with van der Waals surface area (Å²) in [7, 11) is -3.62. The van der Waals surface area contributed by atoms with E-state index in [-0.39, 0.29) is 25.4 Å². The van der Waals surface area contributed by atoms with Crippen molar-refractivity contribution in [1.29, 1.82) is 0 Å². The Bertz CT molecular complexity index is 1200. The summed E-state index contributed by atoms with van der Waals surface area (Å²) in [6.07, 6.45) is 4.17. The Morgan fingerprint density at radius 1 is 1.00 bits per heavy atom. The number of nitrogens with zero attached hydrogens (tertiary/aromatic N) is 2. The topological polar surface area (TPSA) is 80.5 Å². The monoisotopic (exact) mass is 496 g/mol. The lowest BCUT2D eigenvalue weighted by atomic mass is 10.1. The predicted molar refractivity (Wildman–Crippen MR) is 140 cm³/mol. The summed E-state index contributed by atoms with van der Waals surface area (Å²) >= 11 is 0. The van der Waals surface area contributed by atoms with E-state index in [2.05, 4.69) is 22.0 Å². The highest BCUT2D eigenvalue weighted by Gasteiger charge is 2.22. The maximum absolute atomic E-state index is 12.6. The molecule has 0 N–H and O–H groups in total. The molecule has 1 aliphatic rings. The van der Waals surface area contributed by atoms with Gasteiger partial charge in [0.1, 0.15) is 17.3 Å².